The molecule has 0 aliphatic heterocycles. The molecule has 1 aromatic heterocycles. The third kappa shape index (κ3) is 2.78. The second-order valence-electron chi connectivity index (χ2n) is 3.47. The molecule has 0 bridgehead atoms. The summed E-state index contributed by atoms with van der Waals surface area (Å²) in [4.78, 5) is 9.89. The van der Waals surface area contributed by atoms with Crippen LogP contribution in [0.2, 0.25) is 0 Å². The quantitative estimate of drug-likeness (QED) is 0.533. The number of aromatic hydroxyl groups is 1. The van der Waals surface area contributed by atoms with E-state index in [9.17, 15) is 10.1 Å². The van der Waals surface area contributed by atoms with Crippen molar-refractivity contribution < 1.29 is 14.4 Å². The van der Waals surface area contributed by atoms with Gasteiger partial charge in [-0.15, -0.1) is 0 Å². The van der Waals surface area contributed by atoms with E-state index in [2.05, 4.69) is 15.9 Å². The Hall–Kier alpha value is -2.08. The topological polar surface area (TPSA) is 76.5 Å². The number of hydrogen-bond acceptors (Lipinski definition) is 4. The van der Waals surface area contributed by atoms with Crippen molar-refractivity contribution in [3.05, 3.63) is 56.9 Å². The molecule has 5 nitrogen and oxygen atoms in total. The monoisotopic (exact) mass is 309 g/mol. The maximum absolute atomic E-state index is 10.4. The summed E-state index contributed by atoms with van der Waals surface area (Å²) in [6.45, 7) is 0. The van der Waals surface area contributed by atoms with Gasteiger partial charge in [-0.05, 0) is 36.4 Å². The minimum atomic E-state index is -0.553. The molecule has 0 spiro atoms. The van der Waals surface area contributed by atoms with Gasteiger partial charge in [0.05, 0.1) is 11.0 Å². The maximum Gasteiger partial charge on any atom is 0.314 e. The SMILES string of the molecule is O=[N+]([O-])/C(Br)=C/c1ccc(-c2ccc(O)cc2)o1. The highest BCUT2D eigenvalue weighted by molar-refractivity contribution is 9.11. The summed E-state index contributed by atoms with van der Waals surface area (Å²) < 4.78 is 5.27. The molecule has 92 valence electrons. The van der Waals surface area contributed by atoms with Crippen LogP contribution in [-0.4, -0.2) is 10.0 Å². The van der Waals surface area contributed by atoms with Crippen molar-refractivity contribution in [2.75, 3.05) is 0 Å². The predicted molar refractivity (Wildman–Crippen MR) is 69.7 cm³/mol. The van der Waals surface area contributed by atoms with Crippen LogP contribution in [-0.2, 0) is 0 Å². The molecule has 0 saturated heterocycles. The molecule has 18 heavy (non-hydrogen) atoms. The van der Waals surface area contributed by atoms with Gasteiger partial charge >= 0.3 is 4.61 Å². The van der Waals surface area contributed by atoms with Gasteiger partial charge in [-0.25, -0.2) is 0 Å². The van der Waals surface area contributed by atoms with Crippen LogP contribution in [0, 0.1) is 10.1 Å². The fourth-order valence-electron chi connectivity index (χ4n) is 1.38. The summed E-state index contributed by atoms with van der Waals surface area (Å²) in [5, 5.41) is 19.6. The average Bonchev–Trinajstić information content (AvgIpc) is 2.78. The molecule has 0 aliphatic rings. The first-order chi connectivity index (χ1) is 8.56. The highest BCUT2D eigenvalue weighted by atomic mass is 79.9. The molecule has 1 heterocycles. The normalized spacial score (nSPS) is 11.5. The summed E-state index contributed by atoms with van der Waals surface area (Å²) in [7, 11) is 0. The Balaban J connectivity index is 2.28. The smallest absolute Gasteiger partial charge is 0.314 e. The van der Waals surface area contributed by atoms with E-state index in [1.165, 1.54) is 6.08 Å². The summed E-state index contributed by atoms with van der Waals surface area (Å²) in [5.74, 6) is 1.12. The van der Waals surface area contributed by atoms with Crippen molar-refractivity contribution in [3.63, 3.8) is 0 Å². The van der Waals surface area contributed by atoms with E-state index in [0.717, 1.165) is 5.56 Å². The van der Waals surface area contributed by atoms with Crippen LogP contribution in [0.4, 0.5) is 0 Å². The second-order valence-corrected chi connectivity index (χ2v) is 4.29. The van der Waals surface area contributed by atoms with Gasteiger partial charge in [-0.2, -0.15) is 0 Å². The first kappa shape index (κ1) is 12.4. The number of nitrogens with zero attached hydrogens (tertiary/aromatic N) is 1. The van der Waals surface area contributed by atoms with Gasteiger partial charge in [-0.3, -0.25) is 10.1 Å². The fourth-order valence-corrected chi connectivity index (χ4v) is 1.61. The zero-order valence-corrected chi connectivity index (χ0v) is 10.6. The van der Waals surface area contributed by atoms with Crippen molar-refractivity contribution in [2.45, 2.75) is 0 Å². The third-order valence-corrected chi connectivity index (χ3v) is 2.73. The van der Waals surface area contributed by atoms with Crippen LogP contribution < -0.4 is 0 Å². The molecule has 0 unspecified atom stereocenters. The van der Waals surface area contributed by atoms with Crippen molar-refractivity contribution in [2.24, 2.45) is 0 Å². The summed E-state index contributed by atoms with van der Waals surface area (Å²) in [6.07, 6.45) is 1.28. The average molecular weight is 310 g/mol. The van der Waals surface area contributed by atoms with Gasteiger partial charge in [0.15, 0.2) is 0 Å². The van der Waals surface area contributed by atoms with Gasteiger partial charge in [0.25, 0.3) is 0 Å². The first-order valence-corrected chi connectivity index (χ1v) is 5.76. The van der Waals surface area contributed by atoms with Crippen molar-refractivity contribution in [1.82, 2.24) is 0 Å². The highest BCUT2D eigenvalue weighted by Gasteiger charge is 2.08. The molecule has 0 atom stereocenters. The Morgan fingerprint density at radius 1 is 1.28 bits per heavy atom. The van der Waals surface area contributed by atoms with Crippen LogP contribution in [0.15, 0.2) is 45.4 Å². The standard InChI is InChI=1S/C12H8BrNO4/c13-12(14(16)17)7-10-5-6-11(18-10)8-1-3-9(15)4-2-8/h1-7,15H/b12-7+. The second kappa shape index (κ2) is 5.05. The van der Waals surface area contributed by atoms with E-state index >= 15 is 0 Å². The van der Waals surface area contributed by atoms with E-state index in [0.29, 0.717) is 11.5 Å². The number of nitro groups is 1. The number of furan rings is 1. The summed E-state index contributed by atoms with van der Waals surface area (Å²) >= 11 is 2.82. The third-order valence-electron chi connectivity index (χ3n) is 2.21. The van der Waals surface area contributed by atoms with Gasteiger partial charge in [0.1, 0.15) is 17.3 Å². The molecule has 0 aliphatic carbocycles. The van der Waals surface area contributed by atoms with E-state index in [4.69, 9.17) is 9.52 Å². The number of halogens is 1. The molecule has 0 radical (unpaired) electrons. The van der Waals surface area contributed by atoms with E-state index in [1.54, 1.807) is 36.4 Å². The molecule has 2 rings (SSSR count). The molecule has 0 amide bonds. The molecular formula is C12H8BrNO4. The number of rotatable bonds is 3. The Morgan fingerprint density at radius 2 is 1.94 bits per heavy atom. The van der Waals surface area contributed by atoms with Crippen LogP contribution in [0.5, 0.6) is 5.75 Å². The van der Waals surface area contributed by atoms with E-state index < -0.39 is 4.92 Å². The zero-order chi connectivity index (χ0) is 13.1. The molecular weight excluding hydrogens is 302 g/mol. The van der Waals surface area contributed by atoms with Crippen LogP contribution in [0.1, 0.15) is 5.76 Å². The van der Waals surface area contributed by atoms with Crippen LogP contribution in [0.3, 0.4) is 0 Å². The lowest BCUT2D eigenvalue weighted by atomic mass is 10.2. The fraction of sp³-hybridized carbons (Fsp3) is 0. The van der Waals surface area contributed by atoms with E-state index in [-0.39, 0.29) is 10.4 Å². The minimum Gasteiger partial charge on any atom is -0.508 e. The minimum absolute atomic E-state index is 0.168. The largest absolute Gasteiger partial charge is 0.508 e. The number of phenols is 1. The van der Waals surface area contributed by atoms with Crippen molar-refractivity contribution in [1.29, 1.82) is 0 Å². The maximum atomic E-state index is 10.4. The summed E-state index contributed by atoms with van der Waals surface area (Å²) in [6, 6.07) is 9.82. The number of phenolic OH excluding ortho intramolecular Hbond substituents is 1. The molecule has 0 fully saturated rings. The lowest BCUT2D eigenvalue weighted by molar-refractivity contribution is -0.407. The van der Waals surface area contributed by atoms with Gasteiger partial charge in [-0.1, -0.05) is 0 Å². The Morgan fingerprint density at radius 3 is 2.56 bits per heavy atom. The van der Waals surface area contributed by atoms with Gasteiger partial charge in [0, 0.05) is 21.5 Å². The van der Waals surface area contributed by atoms with Gasteiger partial charge < -0.3 is 9.52 Å². The molecule has 1 N–H and O–H groups in total. The highest BCUT2D eigenvalue weighted by Crippen LogP contribution is 2.25. The Bertz CT molecular complexity index is 601. The van der Waals surface area contributed by atoms with Crippen molar-refractivity contribution >= 4 is 22.0 Å². The molecule has 0 saturated carbocycles. The Labute approximate surface area is 111 Å². The summed E-state index contributed by atoms with van der Waals surface area (Å²) in [5.41, 5.74) is 0.782. The first-order valence-electron chi connectivity index (χ1n) is 4.97. The lowest BCUT2D eigenvalue weighted by Gasteiger charge is -1.96. The predicted octanol–water partition coefficient (Wildman–Crippen LogP) is 3.62. The molecule has 2 aromatic rings. The molecule has 1 aromatic carbocycles. The van der Waals surface area contributed by atoms with E-state index in [1.807, 2.05) is 0 Å². The van der Waals surface area contributed by atoms with Crippen molar-refractivity contribution in [3.8, 4) is 17.1 Å². The van der Waals surface area contributed by atoms with Gasteiger partial charge in [0.2, 0.25) is 0 Å². The zero-order valence-electron chi connectivity index (χ0n) is 9.04. The molecule has 6 heteroatoms. The van der Waals surface area contributed by atoms with Crippen LogP contribution in [0.25, 0.3) is 17.4 Å². The van der Waals surface area contributed by atoms with Crippen LogP contribution >= 0.6 is 15.9 Å². The lowest BCUT2D eigenvalue weighted by Crippen LogP contribution is -1.89. The Kier molecular flexibility index (Phi) is 3.47. The number of benzene rings is 1. The number of hydrogen-bond donors (Lipinski definition) is 1.